The Hall–Kier alpha value is -0.900. The molecule has 0 aliphatic heterocycles. The molecule has 0 spiro atoms. The zero-order chi connectivity index (χ0) is 11.4. The summed E-state index contributed by atoms with van der Waals surface area (Å²) >= 11 is 0. The van der Waals surface area contributed by atoms with Crippen LogP contribution in [0.25, 0.3) is 0 Å². The molecule has 0 saturated heterocycles. The summed E-state index contributed by atoms with van der Waals surface area (Å²) in [6, 6.07) is -0.110. The predicted molar refractivity (Wildman–Crippen MR) is 59.4 cm³/mol. The third kappa shape index (κ3) is 3.02. The van der Waals surface area contributed by atoms with Crippen molar-refractivity contribution in [2.45, 2.75) is 52.5 Å². The first-order chi connectivity index (χ1) is 7.06. The highest BCUT2D eigenvalue weighted by Gasteiger charge is 2.20. The van der Waals surface area contributed by atoms with Gasteiger partial charge in [0.25, 0.3) is 0 Å². The Morgan fingerprint density at radius 3 is 2.47 bits per heavy atom. The van der Waals surface area contributed by atoms with Crippen LogP contribution >= 0.6 is 0 Å². The average molecular weight is 211 g/mol. The van der Waals surface area contributed by atoms with E-state index in [1.54, 1.807) is 0 Å². The van der Waals surface area contributed by atoms with Gasteiger partial charge in [0.15, 0.2) is 5.82 Å². The smallest absolute Gasteiger partial charge is 0.229 e. The van der Waals surface area contributed by atoms with Gasteiger partial charge in [-0.15, -0.1) is 0 Å². The van der Waals surface area contributed by atoms with Crippen molar-refractivity contribution in [3.8, 4) is 0 Å². The molecule has 4 heteroatoms. The van der Waals surface area contributed by atoms with E-state index in [4.69, 9.17) is 10.3 Å². The van der Waals surface area contributed by atoms with E-state index in [2.05, 4.69) is 24.0 Å². The van der Waals surface area contributed by atoms with Crippen molar-refractivity contribution in [1.29, 1.82) is 0 Å². The molecule has 0 bridgehead atoms. The Morgan fingerprint density at radius 2 is 2.00 bits per heavy atom. The van der Waals surface area contributed by atoms with Crippen LogP contribution in [0.15, 0.2) is 4.52 Å². The van der Waals surface area contributed by atoms with Crippen molar-refractivity contribution in [3.05, 3.63) is 11.7 Å². The number of nitrogens with zero attached hydrogens (tertiary/aromatic N) is 2. The highest BCUT2D eigenvalue weighted by molar-refractivity contribution is 4.97. The quantitative estimate of drug-likeness (QED) is 0.813. The first-order valence-corrected chi connectivity index (χ1v) is 5.65. The van der Waals surface area contributed by atoms with Crippen LogP contribution in [0.1, 0.15) is 64.2 Å². The molecular weight excluding hydrogens is 190 g/mol. The molecule has 1 aromatic rings. The molecular formula is C11H21N3O. The van der Waals surface area contributed by atoms with Crippen LogP contribution in [0.3, 0.4) is 0 Å². The van der Waals surface area contributed by atoms with Gasteiger partial charge in [-0.2, -0.15) is 4.98 Å². The molecule has 2 N–H and O–H groups in total. The van der Waals surface area contributed by atoms with E-state index in [0.29, 0.717) is 17.6 Å². The average Bonchev–Trinajstić information content (AvgIpc) is 2.65. The Morgan fingerprint density at radius 1 is 1.33 bits per heavy atom. The fourth-order valence-electron chi connectivity index (χ4n) is 1.51. The summed E-state index contributed by atoms with van der Waals surface area (Å²) < 4.78 is 5.13. The van der Waals surface area contributed by atoms with Gasteiger partial charge in [-0.25, -0.2) is 0 Å². The lowest BCUT2D eigenvalue weighted by molar-refractivity contribution is 0.346. The third-order valence-corrected chi connectivity index (χ3v) is 2.61. The number of hydrogen-bond donors (Lipinski definition) is 1. The molecule has 2 atom stereocenters. The van der Waals surface area contributed by atoms with Gasteiger partial charge in [0.2, 0.25) is 5.89 Å². The van der Waals surface area contributed by atoms with Crippen LogP contribution in [0, 0.1) is 5.92 Å². The van der Waals surface area contributed by atoms with Gasteiger partial charge in [0.1, 0.15) is 0 Å². The molecule has 0 saturated carbocycles. The molecule has 15 heavy (non-hydrogen) atoms. The number of nitrogens with two attached hydrogens (primary N) is 1. The first-order valence-electron chi connectivity index (χ1n) is 5.65. The molecule has 0 aliphatic rings. The molecule has 0 amide bonds. The minimum Gasteiger partial charge on any atom is -0.339 e. The van der Waals surface area contributed by atoms with Crippen LogP contribution in [0.4, 0.5) is 0 Å². The maximum absolute atomic E-state index is 6.05. The second-order valence-corrected chi connectivity index (χ2v) is 4.44. The SMILES string of the molecule is CCCC(C)C(N)c1noc(C(C)C)n1. The van der Waals surface area contributed by atoms with E-state index in [1.807, 2.05) is 13.8 Å². The number of hydrogen-bond acceptors (Lipinski definition) is 4. The van der Waals surface area contributed by atoms with Crippen molar-refractivity contribution < 1.29 is 4.52 Å². The maximum Gasteiger partial charge on any atom is 0.229 e. The van der Waals surface area contributed by atoms with Crippen LogP contribution in [-0.2, 0) is 0 Å². The molecule has 0 radical (unpaired) electrons. The topological polar surface area (TPSA) is 64.9 Å². The normalized spacial score (nSPS) is 15.6. The summed E-state index contributed by atoms with van der Waals surface area (Å²) in [6.45, 7) is 8.33. The van der Waals surface area contributed by atoms with E-state index in [0.717, 1.165) is 12.8 Å². The van der Waals surface area contributed by atoms with Crippen molar-refractivity contribution in [1.82, 2.24) is 10.1 Å². The fourth-order valence-corrected chi connectivity index (χ4v) is 1.51. The van der Waals surface area contributed by atoms with Gasteiger partial charge < -0.3 is 10.3 Å². The second kappa shape index (κ2) is 5.26. The Balaban J connectivity index is 2.69. The summed E-state index contributed by atoms with van der Waals surface area (Å²) in [7, 11) is 0. The van der Waals surface area contributed by atoms with E-state index < -0.39 is 0 Å². The van der Waals surface area contributed by atoms with Gasteiger partial charge in [-0.1, -0.05) is 39.3 Å². The lowest BCUT2D eigenvalue weighted by Crippen LogP contribution is -2.20. The number of aromatic nitrogens is 2. The first kappa shape index (κ1) is 12.2. The van der Waals surface area contributed by atoms with Crippen LogP contribution < -0.4 is 5.73 Å². The van der Waals surface area contributed by atoms with E-state index in [9.17, 15) is 0 Å². The molecule has 86 valence electrons. The Bertz CT molecular complexity index is 296. The lowest BCUT2D eigenvalue weighted by atomic mass is 9.97. The maximum atomic E-state index is 6.05. The van der Waals surface area contributed by atoms with Gasteiger partial charge >= 0.3 is 0 Å². The van der Waals surface area contributed by atoms with Gasteiger partial charge in [0.05, 0.1) is 6.04 Å². The zero-order valence-corrected chi connectivity index (χ0v) is 10.0. The highest BCUT2D eigenvalue weighted by atomic mass is 16.5. The van der Waals surface area contributed by atoms with E-state index in [1.165, 1.54) is 0 Å². The minimum absolute atomic E-state index is 0.110. The largest absolute Gasteiger partial charge is 0.339 e. The van der Waals surface area contributed by atoms with E-state index in [-0.39, 0.29) is 12.0 Å². The molecule has 1 aromatic heterocycles. The molecule has 4 nitrogen and oxygen atoms in total. The standard InChI is InChI=1S/C11H21N3O/c1-5-6-8(4)9(12)10-13-11(7(2)3)15-14-10/h7-9H,5-6,12H2,1-4H3. The summed E-state index contributed by atoms with van der Waals surface area (Å²) in [5.74, 6) is 1.97. The highest BCUT2D eigenvalue weighted by Crippen LogP contribution is 2.22. The van der Waals surface area contributed by atoms with Crippen molar-refractivity contribution in [2.24, 2.45) is 11.7 Å². The molecule has 2 unspecified atom stereocenters. The van der Waals surface area contributed by atoms with Gasteiger partial charge in [-0.3, -0.25) is 0 Å². The Labute approximate surface area is 91.2 Å². The molecule has 1 rings (SSSR count). The van der Waals surface area contributed by atoms with E-state index >= 15 is 0 Å². The predicted octanol–water partition coefficient (Wildman–Crippen LogP) is 2.63. The summed E-state index contributed by atoms with van der Waals surface area (Å²) in [4.78, 5) is 4.31. The van der Waals surface area contributed by atoms with Gasteiger partial charge in [0, 0.05) is 5.92 Å². The van der Waals surface area contributed by atoms with Crippen molar-refractivity contribution >= 4 is 0 Å². The van der Waals surface area contributed by atoms with Crippen LogP contribution in [0.2, 0.25) is 0 Å². The zero-order valence-electron chi connectivity index (χ0n) is 10.0. The number of rotatable bonds is 5. The van der Waals surface area contributed by atoms with Crippen LogP contribution in [0.5, 0.6) is 0 Å². The molecule has 0 aromatic carbocycles. The monoisotopic (exact) mass is 211 g/mol. The molecule has 1 heterocycles. The summed E-state index contributed by atoms with van der Waals surface area (Å²) in [6.07, 6.45) is 2.22. The summed E-state index contributed by atoms with van der Waals surface area (Å²) in [5.41, 5.74) is 6.05. The third-order valence-electron chi connectivity index (χ3n) is 2.61. The van der Waals surface area contributed by atoms with Crippen LogP contribution in [-0.4, -0.2) is 10.1 Å². The second-order valence-electron chi connectivity index (χ2n) is 4.44. The molecule has 0 fully saturated rings. The minimum atomic E-state index is -0.110. The fraction of sp³-hybridized carbons (Fsp3) is 0.818. The lowest BCUT2D eigenvalue weighted by Gasteiger charge is -2.15. The van der Waals surface area contributed by atoms with Crippen molar-refractivity contribution in [2.75, 3.05) is 0 Å². The molecule has 0 aliphatic carbocycles. The Kier molecular flexibility index (Phi) is 4.27. The van der Waals surface area contributed by atoms with Gasteiger partial charge in [-0.05, 0) is 12.3 Å². The van der Waals surface area contributed by atoms with Crippen molar-refractivity contribution in [3.63, 3.8) is 0 Å². The summed E-state index contributed by atoms with van der Waals surface area (Å²) in [5, 5.41) is 3.93.